The third-order valence-electron chi connectivity index (χ3n) is 7.13. The molecule has 4 aromatic rings. The van der Waals surface area contributed by atoms with E-state index >= 15 is 0 Å². The Hall–Kier alpha value is -2.78. The Morgan fingerprint density at radius 2 is 1.65 bits per heavy atom. The van der Waals surface area contributed by atoms with E-state index in [-0.39, 0.29) is 5.82 Å². The number of aryl methyl sites for hydroxylation is 2. The molecule has 1 heterocycles. The lowest BCUT2D eigenvalue weighted by Crippen LogP contribution is -2.41. The van der Waals surface area contributed by atoms with Crippen LogP contribution in [0.15, 0.2) is 72.9 Å². The van der Waals surface area contributed by atoms with Crippen molar-refractivity contribution >= 4 is 24.0 Å². The first-order chi connectivity index (χ1) is 14.9. The highest BCUT2D eigenvalue weighted by atomic mass is 28.3. The summed E-state index contributed by atoms with van der Waals surface area (Å²) in [5.74, 6) is -0.171. The van der Waals surface area contributed by atoms with Crippen LogP contribution in [-0.4, -0.2) is 8.07 Å². The number of benzene rings is 3. The van der Waals surface area contributed by atoms with E-state index in [1.165, 1.54) is 23.6 Å². The van der Waals surface area contributed by atoms with Gasteiger partial charge in [-0.25, -0.2) is 8.96 Å². The third kappa shape index (κ3) is 3.51. The average Bonchev–Trinajstić information content (AvgIpc) is 3.61. The van der Waals surface area contributed by atoms with E-state index in [2.05, 4.69) is 55.2 Å². The number of nitrogens with zero attached hydrogens (tertiary/aromatic N) is 1. The van der Waals surface area contributed by atoms with Gasteiger partial charge in [-0.05, 0) is 47.2 Å². The SMILES string of the molecule is Cc1cc(F)c(-c2ccccc2)cc1-c1c2ccc([Si](C)(C)C3CC3)cc2cc[n+]1C. The predicted molar refractivity (Wildman–Crippen MR) is 131 cm³/mol. The molecule has 3 heteroatoms. The van der Waals surface area contributed by atoms with E-state index in [0.717, 1.165) is 27.9 Å². The Kier molecular flexibility index (Phi) is 4.82. The third-order valence-corrected chi connectivity index (χ3v) is 11.6. The quantitative estimate of drug-likeness (QED) is 0.258. The van der Waals surface area contributed by atoms with Crippen molar-refractivity contribution in [3.63, 3.8) is 0 Å². The van der Waals surface area contributed by atoms with Crippen molar-refractivity contribution in [2.75, 3.05) is 0 Å². The summed E-state index contributed by atoms with van der Waals surface area (Å²) >= 11 is 0. The minimum absolute atomic E-state index is 0.171. The second-order valence-corrected chi connectivity index (χ2v) is 14.4. The number of pyridine rings is 1. The van der Waals surface area contributed by atoms with Crippen LogP contribution in [0.25, 0.3) is 33.2 Å². The zero-order valence-corrected chi connectivity index (χ0v) is 19.7. The molecule has 1 saturated carbocycles. The number of hydrogen-bond donors (Lipinski definition) is 0. The Balaban J connectivity index is 1.71. The average molecular weight is 427 g/mol. The molecular formula is C28H29FNSi+. The van der Waals surface area contributed by atoms with Crippen LogP contribution in [0, 0.1) is 12.7 Å². The molecule has 3 aromatic carbocycles. The molecular weight excluding hydrogens is 397 g/mol. The summed E-state index contributed by atoms with van der Waals surface area (Å²) < 4.78 is 17.1. The summed E-state index contributed by atoms with van der Waals surface area (Å²) in [5, 5.41) is 4.04. The fourth-order valence-electron chi connectivity index (χ4n) is 4.92. The monoisotopic (exact) mass is 426 g/mol. The molecule has 0 saturated heterocycles. The van der Waals surface area contributed by atoms with E-state index in [0.29, 0.717) is 5.56 Å². The lowest BCUT2D eigenvalue weighted by atomic mass is 9.94. The van der Waals surface area contributed by atoms with E-state index in [1.54, 1.807) is 11.3 Å². The maximum Gasteiger partial charge on any atom is 0.220 e. The maximum atomic E-state index is 14.9. The Morgan fingerprint density at radius 1 is 0.903 bits per heavy atom. The standard InChI is InChI=1S/C28H29FNSi/c1-19-16-27(29)26(20-8-6-5-7-9-20)18-25(19)28-24-13-12-23(31(3,4)22-10-11-22)17-21(24)14-15-30(28)2/h5-9,12-18,22H,10-11H2,1-4H3/q+1. The van der Waals surface area contributed by atoms with Gasteiger partial charge in [-0.1, -0.05) is 73.6 Å². The van der Waals surface area contributed by atoms with Crippen molar-refractivity contribution in [2.45, 2.75) is 38.4 Å². The number of rotatable bonds is 4. The first kappa shape index (κ1) is 20.1. The Labute approximate surface area is 185 Å². The summed E-state index contributed by atoms with van der Waals surface area (Å²) in [7, 11) is 0.679. The number of hydrogen-bond acceptors (Lipinski definition) is 0. The molecule has 0 unspecified atom stereocenters. The second-order valence-electron chi connectivity index (χ2n) is 9.59. The van der Waals surface area contributed by atoms with Crippen LogP contribution in [0.2, 0.25) is 18.6 Å². The van der Waals surface area contributed by atoms with Crippen LogP contribution in [-0.2, 0) is 7.05 Å². The molecule has 0 spiro atoms. The van der Waals surface area contributed by atoms with Crippen LogP contribution < -0.4 is 9.75 Å². The zero-order valence-electron chi connectivity index (χ0n) is 18.7. The van der Waals surface area contributed by atoms with Gasteiger partial charge in [0, 0.05) is 11.6 Å². The molecule has 1 aliphatic carbocycles. The van der Waals surface area contributed by atoms with Crippen molar-refractivity contribution in [3.05, 3.63) is 84.3 Å². The van der Waals surface area contributed by atoms with Gasteiger partial charge in [0.05, 0.1) is 19.0 Å². The molecule has 1 aliphatic rings. The summed E-state index contributed by atoms with van der Waals surface area (Å²) in [5.41, 5.74) is 5.67. The van der Waals surface area contributed by atoms with E-state index in [9.17, 15) is 4.39 Å². The predicted octanol–water partition coefficient (Wildman–Crippen LogP) is 6.53. The number of halogens is 1. The highest BCUT2D eigenvalue weighted by Gasteiger charge is 2.40. The topological polar surface area (TPSA) is 3.88 Å². The maximum absolute atomic E-state index is 14.9. The number of fused-ring (bicyclic) bond motifs is 1. The van der Waals surface area contributed by atoms with Crippen molar-refractivity contribution < 1.29 is 8.96 Å². The molecule has 0 atom stereocenters. The summed E-state index contributed by atoms with van der Waals surface area (Å²) in [6.45, 7) is 7.02. The minimum atomic E-state index is -1.40. The molecule has 5 rings (SSSR count). The van der Waals surface area contributed by atoms with Gasteiger partial charge < -0.3 is 0 Å². The molecule has 0 bridgehead atoms. The van der Waals surface area contributed by atoms with Crippen molar-refractivity contribution in [3.8, 4) is 22.4 Å². The van der Waals surface area contributed by atoms with Gasteiger partial charge in [-0.3, -0.25) is 0 Å². The Morgan fingerprint density at radius 3 is 2.35 bits per heavy atom. The fourth-order valence-corrected chi connectivity index (χ4v) is 8.04. The van der Waals surface area contributed by atoms with Crippen LogP contribution in [0.1, 0.15) is 18.4 Å². The fraction of sp³-hybridized carbons (Fsp3) is 0.250. The number of aromatic nitrogens is 1. The summed E-state index contributed by atoms with van der Waals surface area (Å²) in [4.78, 5) is 0. The van der Waals surface area contributed by atoms with E-state index < -0.39 is 8.07 Å². The lowest BCUT2D eigenvalue weighted by Gasteiger charge is -2.23. The molecule has 1 fully saturated rings. The molecule has 31 heavy (non-hydrogen) atoms. The van der Waals surface area contributed by atoms with E-state index in [1.807, 2.05) is 43.3 Å². The van der Waals surface area contributed by atoms with E-state index in [4.69, 9.17) is 0 Å². The normalized spacial score (nSPS) is 14.2. The highest BCUT2D eigenvalue weighted by molar-refractivity contribution is 6.91. The van der Waals surface area contributed by atoms with Crippen molar-refractivity contribution in [2.24, 2.45) is 7.05 Å². The molecule has 0 amide bonds. The smallest absolute Gasteiger partial charge is 0.206 e. The van der Waals surface area contributed by atoms with Gasteiger partial charge >= 0.3 is 0 Å². The van der Waals surface area contributed by atoms with Gasteiger partial charge in [0.25, 0.3) is 0 Å². The first-order valence-electron chi connectivity index (χ1n) is 11.1. The van der Waals surface area contributed by atoms with Crippen LogP contribution >= 0.6 is 0 Å². The molecule has 0 radical (unpaired) electrons. The highest BCUT2D eigenvalue weighted by Crippen LogP contribution is 2.45. The van der Waals surface area contributed by atoms with Crippen LogP contribution in [0.4, 0.5) is 4.39 Å². The van der Waals surface area contributed by atoms with Gasteiger partial charge in [0.1, 0.15) is 12.9 Å². The molecule has 0 aliphatic heterocycles. The largest absolute Gasteiger partial charge is 0.220 e. The second kappa shape index (κ2) is 7.42. The molecule has 156 valence electrons. The minimum Gasteiger partial charge on any atom is -0.206 e. The molecule has 0 N–H and O–H groups in total. The first-order valence-corrected chi connectivity index (χ1v) is 14.2. The molecule has 1 aromatic heterocycles. The van der Waals surface area contributed by atoms with Gasteiger partial charge in [-0.2, -0.15) is 0 Å². The zero-order chi connectivity index (χ0) is 21.8. The Bertz CT molecular complexity index is 1290. The lowest BCUT2D eigenvalue weighted by molar-refractivity contribution is -0.659. The summed E-state index contributed by atoms with van der Waals surface area (Å²) in [6, 6.07) is 22.8. The van der Waals surface area contributed by atoms with Gasteiger partial charge in [0.15, 0.2) is 6.20 Å². The van der Waals surface area contributed by atoms with Gasteiger partial charge in [-0.15, -0.1) is 0 Å². The van der Waals surface area contributed by atoms with Crippen molar-refractivity contribution in [1.82, 2.24) is 0 Å². The van der Waals surface area contributed by atoms with Crippen LogP contribution in [0.3, 0.4) is 0 Å². The summed E-state index contributed by atoms with van der Waals surface area (Å²) in [6.07, 6.45) is 4.92. The molecule has 1 nitrogen and oxygen atoms in total. The van der Waals surface area contributed by atoms with Gasteiger partial charge in [0.2, 0.25) is 5.69 Å². The van der Waals surface area contributed by atoms with Crippen molar-refractivity contribution in [1.29, 1.82) is 0 Å². The van der Waals surface area contributed by atoms with Crippen LogP contribution in [0.5, 0.6) is 0 Å².